The van der Waals surface area contributed by atoms with Crippen molar-refractivity contribution < 1.29 is 22.8 Å². The van der Waals surface area contributed by atoms with Gasteiger partial charge >= 0.3 is 6.18 Å². The molecule has 3 aromatic carbocycles. The van der Waals surface area contributed by atoms with E-state index in [1.54, 1.807) is 0 Å². The number of nitrogens with one attached hydrogen (secondary N) is 2. The van der Waals surface area contributed by atoms with Crippen molar-refractivity contribution in [3.05, 3.63) is 107 Å². The van der Waals surface area contributed by atoms with E-state index in [2.05, 4.69) is 39.8 Å². The van der Waals surface area contributed by atoms with Gasteiger partial charge in [0.1, 0.15) is 0 Å². The monoisotopic (exact) mass is 620 g/mol. The van der Waals surface area contributed by atoms with Crippen LogP contribution in [0.1, 0.15) is 65.1 Å². The highest BCUT2D eigenvalue weighted by molar-refractivity contribution is 5.94. The second-order valence-corrected chi connectivity index (χ2v) is 12.3. The van der Waals surface area contributed by atoms with E-state index in [0.717, 1.165) is 49.3 Å². The van der Waals surface area contributed by atoms with E-state index in [4.69, 9.17) is 0 Å². The highest BCUT2D eigenvalue weighted by Crippen LogP contribution is 2.30. The van der Waals surface area contributed by atoms with Crippen LogP contribution in [0.15, 0.2) is 84.9 Å². The first-order valence-electron chi connectivity index (χ1n) is 16.1. The summed E-state index contributed by atoms with van der Waals surface area (Å²) in [7, 11) is 0. The van der Waals surface area contributed by atoms with Crippen molar-refractivity contribution in [3.8, 4) is 0 Å². The number of carbonyl (C=O) groups is 2. The highest BCUT2D eigenvalue weighted by atomic mass is 19.4. The molecular formula is C36H43F3N4O2. The van der Waals surface area contributed by atoms with Gasteiger partial charge in [0.25, 0.3) is 5.91 Å². The predicted molar refractivity (Wildman–Crippen MR) is 170 cm³/mol. The van der Waals surface area contributed by atoms with Crippen molar-refractivity contribution in [1.29, 1.82) is 0 Å². The van der Waals surface area contributed by atoms with Crippen molar-refractivity contribution in [3.63, 3.8) is 0 Å². The highest BCUT2D eigenvalue weighted by Gasteiger charge is 2.33. The van der Waals surface area contributed by atoms with Crippen molar-refractivity contribution in [2.45, 2.75) is 50.2 Å². The molecule has 45 heavy (non-hydrogen) atoms. The van der Waals surface area contributed by atoms with Gasteiger partial charge in [0, 0.05) is 44.2 Å². The number of amides is 2. The standard InChI is InChI=1S/C36H43F3N4O2/c37-36(38,39)31-16-14-30(15-17-31)34(44)40-20-18-27-24-41-33(19-23-42-21-8-3-9-22-42)35(45)43(25-27)26-32(28-10-4-1-5-11-28)29-12-6-2-7-13-29/h1-2,4-7,10-17,27,32-33,41H,3,8-9,18-26H2,(H,40,44)/t27?,33-/m0/s1. The zero-order valence-corrected chi connectivity index (χ0v) is 25.6. The molecule has 240 valence electrons. The van der Waals surface area contributed by atoms with Crippen LogP contribution < -0.4 is 10.6 Å². The van der Waals surface area contributed by atoms with Crippen molar-refractivity contribution in [2.75, 3.05) is 45.8 Å². The van der Waals surface area contributed by atoms with Crippen LogP contribution in [-0.2, 0) is 11.0 Å². The number of likely N-dealkylation sites (tertiary alicyclic amines) is 1. The minimum atomic E-state index is -4.45. The summed E-state index contributed by atoms with van der Waals surface area (Å²) in [5, 5.41) is 6.42. The summed E-state index contributed by atoms with van der Waals surface area (Å²) in [5.74, 6) is -0.197. The predicted octanol–water partition coefficient (Wildman–Crippen LogP) is 5.95. The molecule has 0 saturated carbocycles. The van der Waals surface area contributed by atoms with Gasteiger partial charge in [0.05, 0.1) is 11.6 Å². The second kappa shape index (κ2) is 15.5. The molecule has 6 nitrogen and oxygen atoms in total. The van der Waals surface area contributed by atoms with E-state index in [9.17, 15) is 22.8 Å². The SMILES string of the molecule is O=C(NCCC1CN[C@@H](CCN2CCCCC2)C(=O)N(CC(c2ccccc2)c2ccccc2)C1)c1ccc(C(F)(F)F)cc1. The maximum absolute atomic E-state index is 14.1. The molecule has 5 rings (SSSR count). The number of halogens is 3. The third-order valence-electron chi connectivity index (χ3n) is 9.04. The van der Waals surface area contributed by atoms with E-state index >= 15 is 0 Å². The Morgan fingerprint density at radius 3 is 2.09 bits per heavy atom. The molecule has 0 spiro atoms. The molecular weight excluding hydrogens is 577 g/mol. The molecule has 2 saturated heterocycles. The molecule has 2 aliphatic heterocycles. The summed E-state index contributed by atoms with van der Waals surface area (Å²) in [5.41, 5.74) is 1.70. The molecule has 1 unspecified atom stereocenters. The quantitative estimate of drug-likeness (QED) is 0.278. The fraction of sp³-hybridized carbons (Fsp3) is 0.444. The molecule has 3 aromatic rings. The number of nitrogens with zero attached hydrogens (tertiary/aromatic N) is 2. The molecule has 0 aromatic heterocycles. The molecule has 0 aliphatic carbocycles. The number of rotatable bonds is 11. The molecule has 0 radical (unpaired) electrons. The third kappa shape index (κ3) is 9.17. The average molecular weight is 621 g/mol. The van der Waals surface area contributed by atoms with Crippen LogP contribution in [0.3, 0.4) is 0 Å². The first-order chi connectivity index (χ1) is 21.8. The Balaban J connectivity index is 1.28. The zero-order chi connectivity index (χ0) is 31.6. The maximum Gasteiger partial charge on any atom is 0.416 e. The lowest BCUT2D eigenvalue weighted by atomic mass is 9.90. The van der Waals surface area contributed by atoms with Crippen LogP contribution in [0.2, 0.25) is 0 Å². The number of alkyl halides is 3. The van der Waals surface area contributed by atoms with E-state index in [0.29, 0.717) is 32.6 Å². The van der Waals surface area contributed by atoms with E-state index in [1.807, 2.05) is 41.3 Å². The Morgan fingerprint density at radius 1 is 0.867 bits per heavy atom. The third-order valence-corrected chi connectivity index (χ3v) is 9.04. The molecule has 2 heterocycles. The fourth-order valence-corrected chi connectivity index (χ4v) is 6.46. The number of hydrogen-bond acceptors (Lipinski definition) is 4. The van der Waals surface area contributed by atoms with Crippen molar-refractivity contribution in [1.82, 2.24) is 20.4 Å². The van der Waals surface area contributed by atoms with Gasteiger partial charge in [0.15, 0.2) is 0 Å². The molecule has 2 aliphatic rings. The minimum absolute atomic E-state index is 0.0113. The van der Waals surface area contributed by atoms with Crippen LogP contribution in [0, 0.1) is 5.92 Å². The van der Waals surface area contributed by atoms with Gasteiger partial charge in [0.2, 0.25) is 5.91 Å². The summed E-state index contributed by atoms with van der Waals surface area (Å²) in [6.45, 7) is 5.14. The normalized spacial score (nSPS) is 19.8. The van der Waals surface area contributed by atoms with E-state index in [-0.39, 0.29) is 29.3 Å². The number of hydrogen-bond donors (Lipinski definition) is 2. The maximum atomic E-state index is 14.1. The molecule has 2 N–H and O–H groups in total. The number of piperidine rings is 1. The molecule has 2 atom stereocenters. The Hall–Kier alpha value is -3.69. The van der Waals surface area contributed by atoms with Gasteiger partial charge in [-0.1, -0.05) is 67.1 Å². The Labute approximate surface area is 264 Å². The first kappa shape index (κ1) is 32.7. The van der Waals surface area contributed by atoms with E-state index < -0.39 is 17.6 Å². The molecule has 2 amide bonds. The van der Waals surface area contributed by atoms with Gasteiger partial charge < -0.3 is 20.4 Å². The van der Waals surface area contributed by atoms with Crippen LogP contribution >= 0.6 is 0 Å². The first-order valence-corrected chi connectivity index (χ1v) is 16.1. The lowest BCUT2D eigenvalue weighted by Crippen LogP contribution is -2.47. The Bertz CT molecular complexity index is 1320. The van der Waals surface area contributed by atoms with Gasteiger partial charge in [-0.3, -0.25) is 9.59 Å². The lowest BCUT2D eigenvalue weighted by molar-refractivity contribution is -0.137. The molecule has 2 fully saturated rings. The summed E-state index contributed by atoms with van der Waals surface area (Å²) in [6.07, 6.45) is 0.596. The average Bonchev–Trinajstić information content (AvgIpc) is 3.21. The van der Waals surface area contributed by atoms with Crippen LogP contribution in [0.25, 0.3) is 0 Å². The van der Waals surface area contributed by atoms with Crippen LogP contribution in [0.4, 0.5) is 13.2 Å². The molecule has 0 bridgehead atoms. The lowest BCUT2D eigenvalue weighted by Gasteiger charge is -2.32. The number of carbonyl (C=O) groups excluding carboxylic acids is 2. The Morgan fingerprint density at radius 2 is 1.49 bits per heavy atom. The summed E-state index contributed by atoms with van der Waals surface area (Å²) < 4.78 is 38.8. The minimum Gasteiger partial charge on any atom is -0.352 e. The summed E-state index contributed by atoms with van der Waals surface area (Å²) in [4.78, 5) is 31.3. The zero-order valence-electron chi connectivity index (χ0n) is 25.6. The van der Waals surface area contributed by atoms with Crippen molar-refractivity contribution >= 4 is 11.8 Å². The fourth-order valence-electron chi connectivity index (χ4n) is 6.46. The number of benzene rings is 3. The smallest absolute Gasteiger partial charge is 0.352 e. The largest absolute Gasteiger partial charge is 0.416 e. The summed E-state index contributed by atoms with van der Waals surface area (Å²) >= 11 is 0. The van der Waals surface area contributed by atoms with Crippen molar-refractivity contribution in [2.24, 2.45) is 5.92 Å². The van der Waals surface area contributed by atoms with Crippen LogP contribution in [-0.4, -0.2) is 73.5 Å². The van der Waals surface area contributed by atoms with Gasteiger partial charge in [-0.05, 0) is 80.1 Å². The van der Waals surface area contributed by atoms with Crippen LogP contribution in [0.5, 0.6) is 0 Å². The van der Waals surface area contributed by atoms with Gasteiger partial charge in [-0.25, -0.2) is 0 Å². The Kier molecular flexibility index (Phi) is 11.3. The topological polar surface area (TPSA) is 64.7 Å². The van der Waals surface area contributed by atoms with Gasteiger partial charge in [-0.15, -0.1) is 0 Å². The van der Waals surface area contributed by atoms with E-state index in [1.165, 1.54) is 31.4 Å². The second-order valence-electron chi connectivity index (χ2n) is 12.3. The molecule has 9 heteroatoms. The summed E-state index contributed by atoms with van der Waals surface area (Å²) in [6, 6.07) is 24.5. The van der Waals surface area contributed by atoms with Gasteiger partial charge in [-0.2, -0.15) is 13.2 Å².